The summed E-state index contributed by atoms with van der Waals surface area (Å²) in [6.07, 6.45) is 8.00. The summed E-state index contributed by atoms with van der Waals surface area (Å²) < 4.78 is 26.0. The lowest BCUT2D eigenvalue weighted by molar-refractivity contribution is 0.411. The van der Waals surface area contributed by atoms with Crippen molar-refractivity contribution in [2.75, 3.05) is 30.5 Å². The van der Waals surface area contributed by atoms with E-state index in [0.29, 0.717) is 18.2 Å². The van der Waals surface area contributed by atoms with E-state index >= 15 is 0 Å². The third kappa shape index (κ3) is 3.33. The Hall–Kier alpha value is -1.24. The number of nitrogens with two attached hydrogens (primary N) is 1. The summed E-state index contributed by atoms with van der Waals surface area (Å²) in [5.41, 5.74) is 6.16. The van der Waals surface area contributed by atoms with Gasteiger partial charge in [0, 0.05) is 19.8 Å². The summed E-state index contributed by atoms with van der Waals surface area (Å²) in [6, 6.07) is 0.215. The number of hydrogen-bond acceptors (Lipinski definition) is 5. The summed E-state index contributed by atoms with van der Waals surface area (Å²) >= 11 is 0. The molecular weight excluding hydrogens is 288 g/mol. The SMILES string of the molecule is CCN(C)c1nn(C2CCCCCC2)c(N)c1S(C)(=O)=O. The van der Waals surface area contributed by atoms with E-state index in [4.69, 9.17) is 5.73 Å². The zero-order valence-corrected chi connectivity index (χ0v) is 14.0. The summed E-state index contributed by atoms with van der Waals surface area (Å²) in [5.74, 6) is 0.765. The minimum absolute atomic E-state index is 0.177. The first kappa shape index (κ1) is 16.1. The minimum Gasteiger partial charge on any atom is -0.383 e. The van der Waals surface area contributed by atoms with Crippen LogP contribution in [0.25, 0.3) is 0 Å². The standard InChI is InChI=1S/C14H26N4O2S/c1-4-17(2)14-12(21(3,19)20)13(15)18(16-14)11-9-7-5-6-8-10-11/h11H,4-10,15H2,1-3H3. The van der Waals surface area contributed by atoms with Gasteiger partial charge >= 0.3 is 0 Å². The van der Waals surface area contributed by atoms with Gasteiger partial charge in [0.25, 0.3) is 0 Å². The second-order valence-electron chi connectivity index (χ2n) is 5.91. The van der Waals surface area contributed by atoms with Crippen LogP contribution in [-0.2, 0) is 9.84 Å². The molecule has 1 aromatic heterocycles. The fourth-order valence-corrected chi connectivity index (χ4v) is 3.96. The minimum atomic E-state index is -3.40. The topological polar surface area (TPSA) is 81.2 Å². The number of nitrogen functional groups attached to an aromatic ring is 1. The lowest BCUT2D eigenvalue weighted by Gasteiger charge is -2.16. The number of nitrogens with zero attached hydrogens (tertiary/aromatic N) is 3. The number of rotatable bonds is 4. The van der Waals surface area contributed by atoms with Gasteiger partial charge in [0.15, 0.2) is 20.6 Å². The van der Waals surface area contributed by atoms with Crippen LogP contribution in [0, 0.1) is 0 Å². The second kappa shape index (κ2) is 6.25. The molecule has 120 valence electrons. The van der Waals surface area contributed by atoms with Crippen LogP contribution in [0.4, 0.5) is 11.6 Å². The molecule has 1 aliphatic rings. The van der Waals surface area contributed by atoms with E-state index in [1.807, 2.05) is 18.9 Å². The highest BCUT2D eigenvalue weighted by atomic mass is 32.2. The molecule has 0 atom stereocenters. The van der Waals surface area contributed by atoms with Crippen LogP contribution in [0.5, 0.6) is 0 Å². The zero-order chi connectivity index (χ0) is 15.6. The Balaban J connectivity index is 2.50. The van der Waals surface area contributed by atoms with E-state index in [0.717, 1.165) is 25.7 Å². The van der Waals surface area contributed by atoms with Crippen LogP contribution in [0.2, 0.25) is 0 Å². The van der Waals surface area contributed by atoms with Crippen LogP contribution in [0.1, 0.15) is 51.5 Å². The van der Waals surface area contributed by atoms with E-state index < -0.39 is 9.84 Å². The molecule has 0 spiro atoms. The molecule has 0 bridgehead atoms. The summed E-state index contributed by atoms with van der Waals surface area (Å²) in [4.78, 5) is 2.01. The molecule has 1 heterocycles. The van der Waals surface area contributed by atoms with Crippen LogP contribution >= 0.6 is 0 Å². The predicted octanol–water partition coefficient (Wildman–Crippen LogP) is 2.22. The van der Waals surface area contributed by atoms with Gasteiger partial charge in [-0.1, -0.05) is 25.7 Å². The van der Waals surface area contributed by atoms with E-state index in [1.165, 1.54) is 19.1 Å². The predicted molar refractivity (Wildman–Crippen MR) is 85.4 cm³/mol. The molecule has 6 nitrogen and oxygen atoms in total. The van der Waals surface area contributed by atoms with Crippen molar-refractivity contribution >= 4 is 21.5 Å². The Labute approximate surface area is 127 Å². The molecule has 7 heteroatoms. The summed E-state index contributed by atoms with van der Waals surface area (Å²) in [7, 11) is -1.56. The number of hydrogen-bond donors (Lipinski definition) is 1. The van der Waals surface area contributed by atoms with Gasteiger partial charge in [0.05, 0.1) is 6.04 Å². The average molecular weight is 314 g/mol. The first-order valence-electron chi connectivity index (χ1n) is 7.65. The normalized spacial score (nSPS) is 17.7. The van der Waals surface area contributed by atoms with Crippen molar-refractivity contribution in [1.29, 1.82) is 0 Å². The van der Waals surface area contributed by atoms with Crippen molar-refractivity contribution in [1.82, 2.24) is 9.78 Å². The fraction of sp³-hybridized carbons (Fsp3) is 0.786. The molecule has 2 N–H and O–H groups in total. The van der Waals surface area contributed by atoms with Crippen LogP contribution in [-0.4, -0.2) is 38.0 Å². The van der Waals surface area contributed by atoms with Crippen molar-refractivity contribution in [3.05, 3.63) is 0 Å². The lowest BCUT2D eigenvalue weighted by Crippen LogP contribution is -2.19. The second-order valence-corrected chi connectivity index (χ2v) is 7.87. The third-order valence-electron chi connectivity index (χ3n) is 4.26. The largest absolute Gasteiger partial charge is 0.383 e. The highest BCUT2D eigenvalue weighted by molar-refractivity contribution is 7.91. The van der Waals surface area contributed by atoms with E-state index in [-0.39, 0.29) is 10.9 Å². The van der Waals surface area contributed by atoms with Crippen LogP contribution in [0.15, 0.2) is 4.90 Å². The summed E-state index contributed by atoms with van der Waals surface area (Å²) in [6.45, 7) is 2.65. The van der Waals surface area contributed by atoms with Gasteiger partial charge in [0.2, 0.25) is 0 Å². The number of aromatic nitrogens is 2. The van der Waals surface area contributed by atoms with Crippen LogP contribution < -0.4 is 10.6 Å². The lowest BCUT2D eigenvalue weighted by atomic mass is 10.1. The van der Waals surface area contributed by atoms with Crippen molar-refractivity contribution in [3.8, 4) is 0 Å². The average Bonchev–Trinajstić information content (AvgIpc) is 2.62. The molecule has 0 unspecified atom stereocenters. The van der Waals surface area contributed by atoms with E-state index in [2.05, 4.69) is 5.10 Å². The highest BCUT2D eigenvalue weighted by Gasteiger charge is 2.29. The van der Waals surface area contributed by atoms with Gasteiger partial charge in [-0.15, -0.1) is 0 Å². The third-order valence-corrected chi connectivity index (χ3v) is 5.40. The molecule has 1 aromatic rings. The maximum atomic E-state index is 12.1. The number of sulfone groups is 1. The van der Waals surface area contributed by atoms with Gasteiger partial charge in [-0.05, 0) is 19.8 Å². The van der Waals surface area contributed by atoms with Gasteiger partial charge < -0.3 is 10.6 Å². The molecule has 1 aliphatic carbocycles. The van der Waals surface area contributed by atoms with Gasteiger partial charge in [-0.2, -0.15) is 5.10 Å². The van der Waals surface area contributed by atoms with Crippen molar-refractivity contribution in [2.24, 2.45) is 0 Å². The monoisotopic (exact) mass is 314 g/mol. The van der Waals surface area contributed by atoms with Crippen molar-refractivity contribution in [2.45, 2.75) is 56.4 Å². The molecule has 0 amide bonds. The van der Waals surface area contributed by atoms with Gasteiger partial charge in [-0.3, -0.25) is 0 Å². The van der Waals surface area contributed by atoms with E-state index in [9.17, 15) is 8.42 Å². The number of anilines is 2. The summed E-state index contributed by atoms with van der Waals surface area (Å²) in [5, 5.41) is 4.55. The maximum absolute atomic E-state index is 12.1. The first-order chi connectivity index (χ1) is 9.86. The Kier molecular flexibility index (Phi) is 4.81. The molecule has 21 heavy (non-hydrogen) atoms. The fourth-order valence-electron chi connectivity index (χ4n) is 2.96. The first-order valence-corrected chi connectivity index (χ1v) is 9.54. The molecule has 0 saturated heterocycles. The van der Waals surface area contributed by atoms with Gasteiger partial charge in [-0.25, -0.2) is 13.1 Å². The Morgan fingerprint density at radius 1 is 1.29 bits per heavy atom. The molecule has 0 aliphatic heterocycles. The Morgan fingerprint density at radius 3 is 2.33 bits per heavy atom. The van der Waals surface area contributed by atoms with Crippen LogP contribution in [0.3, 0.4) is 0 Å². The van der Waals surface area contributed by atoms with Crippen molar-refractivity contribution in [3.63, 3.8) is 0 Å². The molecule has 1 fully saturated rings. The van der Waals surface area contributed by atoms with Gasteiger partial charge in [0.1, 0.15) is 5.82 Å². The molecule has 2 rings (SSSR count). The highest BCUT2D eigenvalue weighted by Crippen LogP contribution is 2.35. The maximum Gasteiger partial charge on any atom is 0.182 e. The molecule has 0 radical (unpaired) electrons. The smallest absolute Gasteiger partial charge is 0.182 e. The molecule has 0 aromatic carbocycles. The molecule has 1 saturated carbocycles. The van der Waals surface area contributed by atoms with Crippen molar-refractivity contribution < 1.29 is 8.42 Å². The Bertz CT molecular complexity index is 586. The Morgan fingerprint density at radius 2 is 1.86 bits per heavy atom. The molecular formula is C14H26N4O2S. The van der Waals surface area contributed by atoms with E-state index in [1.54, 1.807) is 4.68 Å². The zero-order valence-electron chi connectivity index (χ0n) is 13.2. The quantitative estimate of drug-likeness (QED) is 0.862.